The molecular formula is C20H24N2O5. The Morgan fingerprint density at radius 2 is 1.59 bits per heavy atom. The Hall–Kier alpha value is -3.22. The SMILES string of the molecule is CCOc1ccc(C=NNC(=O)c2cc(OC)cc(OC)c2)cc1OCC. The molecule has 2 aromatic rings. The van der Waals surface area contributed by atoms with Gasteiger partial charge in [0, 0.05) is 11.6 Å². The summed E-state index contributed by atoms with van der Waals surface area (Å²) in [5.41, 5.74) is 3.64. The molecule has 1 N–H and O–H groups in total. The second-order valence-electron chi connectivity index (χ2n) is 5.37. The highest BCUT2D eigenvalue weighted by atomic mass is 16.5. The molecule has 0 saturated carbocycles. The van der Waals surface area contributed by atoms with Crippen LogP contribution in [-0.4, -0.2) is 39.6 Å². The molecule has 144 valence electrons. The molecule has 2 aromatic carbocycles. The number of nitrogens with zero attached hydrogens (tertiary/aromatic N) is 1. The minimum Gasteiger partial charge on any atom is -0.497 e. The van der Waals surface area contributed by atoms with E-state index >= 15 is 0 Å². The van der Waals surface area contributed by atoms with Gasteiger partial charge < -0.3 is 18.9 Å². The van der Waals surface area contributed by atoms with Gasteiger partial charge in [-0.15, -0.1) is 0 Å². The first-order valence-electron chi connectivity index (χ1n) is 8.57. The Balaban J connectivity index is 2.10. The number of rotatable bonds is 9. The lowest BCUT2D eigenvalue weighted by atomic mass is 10.2. The van der Waals surface area contributed by atoms with Crippen molar-refractivity contribution in [1.82, 2.24) is 5.43 Å². The van der Waals surface area contributed by atoms with E-state index in [0.29, 0.717) is 41.8 Å². The van der Waals surface area contributed by atoms with Crippen molar-refractivity contribution >= 4 is 12.1 Å². The van der Waals surface area contributed by atoms with Crippen LogP contribution in [0.3, 0.4) is 0 Å². The van der Waals surface area contributed by atoms with Gasteiger partial charge in [-0.3, -0.25) is 4.79 Å². The summed E-state index contributed by atoms with van der Waals surface area (Å²) in [6.45, 7) is 4.88. The van der Waals surface area contributed by atoms with Crippen LogP contribution in [-0.2, 0) is 0 Å². The number of hydrogen-bond acceptors (Lipinski definition) is 6. The lowest BCUT2D eigenvalue weighted by Gasteiger charge is -2.11. The van der Waals surface area contributed by atoms with E-state index in [4.69, 9.17) is 18.9 Å². The lowest BCUT2D eigenvalue weighted by molar-refractivity contribution is 0.0954. The summed E-state index contributed by atoms with van der Waals surface area (Å²) >= 11 is 0. The second-order valence-corrected chi connectivity index (χ2v) is 5.37. The average Bonchev–Trinajstić information content (AvgIpc) is 2.69. The van der Waals surface area contributed by atoms with Gasteiger partial charge in [0.15, 0.2) is 11.5 Å². The van der Waals surface area contributed by atoms with Gasteiger partial charge in [-0.25, -0.2) is 5.43 Å². The monoisotopic (exact) mass is 372 g/mol. The summed E-state index contributed by atoms with van der Waals surface area (Å²) in [6.07, 6.45) is 1.54. The van der Waals surface area contributed by atoms with Crippen molar-refractivity contribution in [3.63, 3.8) is 0 Å². The number of carbonyl (C=O) groups is 1. The molecule has 2 rings (SSSR count). The number of ether oxygens (including phenoxy) is 4. The number of hydrazone groups is 1. The average molecular weight is 372 g/mol. The summed E-state index contributed by atoms with van der Waals surface area (Å²) < 4.78 is 21.4. The second kappa shape index (κ2) is 10.1. The van der Waals surface area contributed by atoms with Gasteiger partial charge in [-0.2, -0.15) is 5.10 Å². The number of amides is 1. The normalized spacial score (nSPS) is 10.5. The quantitative estimate of drug-likeness (QED) is 0.540. The molecule has 0 unspecified atom stereocenters. The van der Waals surface area contributed by atoms with Crippen molar-refractivity contribution in [2.75, 3.05) is 27.4 Å². The Kier molecular flexibility index (Phi) is 7.49. The highest BCUT2D eigenvalue weighted by molar-refractivity contribution is 5.95. The Labute approximate surface area is 158 Å². The molecule has 7 nitrogen and oxygen atoms in total. The maximum absolute atomic E-state index is 12.3. The molecule has 0 radical (unpaired) electrons. The van der Waals surface area contributed by atoms with Crippen molar-refractivity contribution < 1.29 is 23.7 Å². The first-order chi connectivity index (χ1) is 13.1. The third kappa shape index (κ3) is 5.64. The number of benzene rings is 2. The molecule has 7 heteroatoms. The van der Waals surface area contributed by atoms with Crippen LogP contribution in [0.2, 0.25) is 0 Å². The molecule has 0 spiro atoms. The molecule has 0 fully saturated rings. The summed E-state index contributed by atoms with van der Waals surface area (Å²) in [5, 5.41) is 4.00. The van der Waals surface area contributed by atoms with Crippen molar-refractivity contribution in [2.24, 2.45) is 5.10 Å². The van der Waals surface area contributed by atoms with Gasteiger partial charge in [0.1, 0.15) is 11.5 Å². The first kappa shape index (κ1) is 20.1. The molecule has 0 aliphatic rings. The van der Waals surface area contributed by atoms with Gasteiger partial charge in [-0.05, 0) is 49.7 Å². The molecule has 0 aliphatic carbocycles. The van der Waals surface area contributed by atoms with E-state index in [-0.39, 0.29) is 5.91 Å². The molecule has 27 heavy (non-hydrogen) atoms. The van der Waals surface area contributed by atoms with Crippen molar-refractivity contribution in [2.45, 2.75) is 13.8 Å². The molecule has 0 heterocycles. The standard InChI is InChI=1S/C20H24N2O5/c1-5-26-18-8-7-14(9-19(18)27-6-2)13-21-22-20(23)15-10-16(24-3)12-17(11-15)25-4/h7-13H,5-6H2,1-4H3,(H,22,23). The van der Waals surface area contributed by atoms with E-state index in [1.165, 1.54) is 20.4 Å². The van der Waals surface area contributed by atoms with Crippen LogP contribution in [0.15, 0.2) is 41.5 Å². The topological polar surface area (TPSA) is 78.4 Å². The van der Waals surface area contributed by atoms with Crippen LogP contribution in [0.4, 0.5) is 0 Å². The Morgan fingerprint density at radius 1 is 0.963 bits per heavy atom. The van der Waals surface area contributed by atoms with Gasteiger partial charge in [0.2, 0.25) is 0 Å². The molecule has 0 aromatic heterocycles. The molecule has 0 aliphatic heterocycles. The summed E-state index contributed by atoms with van der Waals surface area (Å²) in [4.78, 5) is 12.3. The molecule has 1 amide bonds. The number of carbonyl (C=O) groups excluding carboxylic acids is 1. The lowest BCUT2D eigenvalue weighted by Crippen LogP contribution is -2.17. The third-order valence-electron chi connectivity index (χ3n) is 3.56. The zero-order chi connectivity index (χ0) is 19.6. The fourth-order valence-corrected chi connectivity index (χ4v) is 2.32. The van der Waals surface area contributed by atoms with Gasteiger partial charge in [-0.1, -0.05) is 0 Å². The molecule has 0 bridgehead atoms. The van der Waals surface area contributed by atoms with Gasteiger partial charge in [0.25, 0.3) is 5.91 Å². The van der Waals surface area contributed by atoms with E-state index in [9.17, 15) is 4.79 Å². The zero-order valence-electron chi connectivity index (χ0n) is 15.9. The fraction of sp³-hybridized carbons (Fsp3) is 0.300. The molecular weight excluding hydrogens is 348 g/mol. The smallest absolute Gasteiger partial charge is 0.271 e. The van der Waals surface area contributed by atoms with Gasteiger partial charge >= 0.3 is 0 Å². The largest absolute Gasteiger partial charge is 0.497 e. The fourth-order valence-electron chi connectivity index (χ4n) is 2.32. The predicted octanol–water partition coefficient (Wildman–Crippen LogP) is 3.27. The van der Waals surface area contributed by atoms with E-state index in [1.807, 2.05) is 26.0 Å². The summed E-state index contributed by atoms with van der Waals surface area (Å²) in [7, 11) is 3.05. The van der Waals surface area contributed by atoms with E-state index in [0.717, 1.165) is 5.56 Å². The van der Waals surface area contributed by atoms with Crippen LogP contribution in [0.1, 0.15) is 29.8 Å². The van der Waals surface area contributed by atoms with Crippen molar-refractivity contribution in [3.8, 4) is 23.0 Å². The van der Waals surface area contributed by atoms with E-state index in [2.05, 4.69) is 10.5 Å². The molecule has 0 saturated heterocycles. The van der Waals surface area contributed by atoms with Crippen LogP contribution in [0.25, 0.3) is 0 Å². The molecule has 0 atom stereocenters. The third-order valence-corrected chi connectivity index (χ3v) is 3.56. The van der Waals surface area contributed by atoms with Crippen molar-refractivity contribution in [3.05, 3.63) is 47.5 Å². The number of hydrogen-bond donors (Lipinski definition) is 1. The highest BCUT2D eigenvalue weighted by Crippen LogP contribution is 2.28. The highest BCUT2D eigenvalue weighted by Gasteiger charge is 2.09. The Morgan fingerprint density at radius 3 is 2.19 bits per heavy atom. The van der Waals surface area contributed by atoms with Crippen LogP contribution < -0.4 is 24.4 Å². The maximum atomic E-state index is 12.3. The van der Waals surface area contributed by atoms with Gasteiger partial charge in [0.05, 0.1) is 33.6 Å². The van der Waals surface area contributed by atoms with E-state index in [1.54, 1.807) is 24.3 Å². The van der Waals surface area contributed by atoms with Crippen LogP contribution in [0.5, 0.6) is 23.0 Å². The maximum Gasteiger partial charge on any atom is 0.271 e. The Bertz CT molecular complexity index is 783. The van der Waals surface area contributed by atoms with Crippen molar-refractivity contribution in [1.29, 1.82) is 0 Å². The summed E-state index contributed by atoms with van der Waals surface area (Å²) in [5.74, 6) is 1.98. The van der Waals surface area contributed by atoms with E-state index < -0.39 is 0 Å². The predicted molar refractivity (Wildman–Crippen MR) is 103 cm³/mol. The number of nitrogens with one attached hydrogen (secondary N) is 1. The first-order valence-corrected chi connectivity index (χ1v) is 8.57. The van der Waals surface area contributed by atoms with Crippen LogP contribution in [0, 0.1) is 0 Å². The minimum atomic E-state index is -0.376. The number of methoxy groups -OCH3 is 2. The van der Waals surface area contributed by atoms with Crippen LogP contribution >= 0.6 is 0 Å². The minimum absolute atomic E-state index is 0.376. The zero-order valence-corrected chi connectivity index (χ0v) is 15.9. The summed E-state index contributed by atoms with van der Waals surface area (Å²) in [6, 6.07) is 10.4.